The number of hydrogen-bond donors (Lipinski definition) is 0. The average Bonchev–Trinajstić information content (AvgIpc) is 1.85. The smallest absolute Gasteiger partial charge is 0.743 e. The van der Waals surface area contributed by atoms with Crippen molar-refractivity contribution in [3.63, 3.8) is 0 Å². The molecule has 4 nitrogen and oxygen atoms in total. The van der Waals surface area contributed by atoms with Gasteiger partial charge >= 0.3 is 40.9 Å². The van der Waals surface area contributed by atoms with Crippen molar-refractivity contribution in [2.75, 3.05) is 0 Å². The van der Waals surface area contributed by atoms with Crippen LogP contribution in [0.25, 0.3) is 0 Å². The van der Waals surface area contributed by atoms with Crippen molar-refractivity contribution in [1.29, 1.82) is 0 Å². The summed E-state index contributed by atoms with van der Waals surface area (Å²) >= 11 is 0. The van der Waals surface area contributed by atoms with Crippen LogP contribution in [0.15, 0.2) is 0 Å². The number of alkyl halides is 4. The monoisotopic (exact) mass is 238 g/mol. The second-order valence-electron chi connectivity index (χ2n) is 1.56. The Morgan fingerprint density at radius 1 is 1.15 bits per heavy atom. The summed E-state index contributed by atoms with van der Waals surface area (Å²) in [6.07, 6.45) is -5.98. The van der Waals surface area contributed by atoms with Crippen LogP contribution >= 0.6 is 0 Å². The third kappa shape index (κ3) is 2.99. The molecular weight excluding hydrogens is 238 g/mol. The predicted octanol–water partition coefficient (Wildman–Crippen LogP) is -2.38. The molecule has 11 heteroatoms. The van der Waals surface area contributed by atoms with Crippen LogP contribution in [0.1, 0.15) is 0 Å². The van der Waals surface area contributed by atoms with E-state index in [0.29, 0.717) is 0 Å². The Balaban J connectivity index is 0. The van der Waals surface area contributed by atoms with E-state index < -0.39 is 21.5 Å². The Hall–Kier alpha value is 0.520. The van der Waals surface area contributed by atoms with E-state index in [2.05, 4.69) is 0 Å². The summed E-state index contributed by atoms with van der Waals surface area (Å²) < 4.78 is 85.3. The Labute approximate surface area is 91.0 Å². The summed E-state index contributed by atoms with van der Waals surface area (Å²) in [6.45, 7) is 0. The summed E-state index contributed by atoms with van der Waals surface area (Å²) in [5.41, 5.74) is 0. The molecule has 0 aliphatic heterocycles. The van der Waals surface area contributed by atoms with Gasteiger partial charge in [-0.05, 0) is 4.53 Å². The van der Waals surface area contributed by atoms with Gasteiger partial charge in [0.1, 0.15) is 0 Å². The van der Waals surface area contributed by atoms with Gasteiger partial charge in [0.25, 0.3) is 0 Å². The molecule has 0 spiro atoms. The summed E-state index contributed by atoms with van der Waals surface area (Å²) in [7, 11) is -6.67. The predicted molar refractivity (Wildman–Crippen MR) is 21.8 cm³/mol. The summed E-state index contributed by atoms with van der Waals surface area (Å²) in [5, 5.41) is -6.13. The first-order chi connectivity index (χ1) is 5.06. The minimum atomic E-state index is -6.67. The number of hydrogen-bond acceptors (Lipinski definition) is 4. The van der Waals surface area contributed by atoms with Gasteiger partial charge in [0.05, 0.1) is 0 Å². The Bertz CT molecular complexity index is 262. The van der Waals surface area contributed by atoms with E-state index in [9.17, 15) is 35.1 Å². The van der Waals surface area contributed by atoms with E-state index in [1.807, 2.05) is 0 Å². The third-order valence-corrected chi connectivity index (χ3v) is 1.62. The minimum Gasteiger partial charge on any atom is -0.743 e. The molecular formula is C2F5NaO4S. The van der Waals surface area contributed by atoms with Gasteiger partial charge in [-0.1, -0.05) is 0 Å². The van der Waals surface area contributed by atoms with Gasteiger partial charge < -0.3 is 4.55 Å². The number of rotatable bonds is 3. The van der Waals surface area contributed by atoms with E-state index in [1.165, 1.54) is 4.94 Å². The summed E-state index contributed by atoms with van der Waals surface area (Å²) in [4.78, 5) is 1.37. The van der Waals surface area contributed by atoms with Crippen molar-refractivity contribution in [2.45, 2.75) is 11.4 Å². The molecule has 0 atom stereocenters. The van der Waals surface area contributed by atoms with Gasteiger partial charge in [-0.2, -0.15) is 17.6 Å². The zero-order chi connectivity index (χ0) is 10.2. The fourth-order valence-corrected chi connectivity index (χ4v) is 0.513. The second-order valence-corrected chi connectivity index (χ2v) is 2.99. The van der Waals surface area contributed by atoms with Crippen LogP contribution in [0.4, 0.5) is 22.1 Å². The molecule has 0 bridgehead atoms. The van der Waals surface area contributed by atoms with Crippen molar-refractivity contribution < 1.29 is 69.6 Å². The van der Waals surface area contributed by atoms with E-state index in [0.717, 1.165) is 0 Å². The van der Waals surface area contributed by atoms with Crippen molar-refractivity contribution in [2.24, 2.45) is 0 Å². The Kier molecular flexibility index (Phi) is 5.36. The molecule has 74 valence electrons. The normalized spacial score (nSPS) is 13.7. The van der Waals surface area contributed by atoms with Crippen molar-refractivity contribution in [1.82, 2.24) is 0 Å². The van der Waals surface area contributed by atoms with Crippen LogP contribution in [-0.2, 0) is 15.1 Å². The zero-order valence-corrected chi connectivity index (χ0v) is 8.75. The maximum absolute atomic E-state index is 11.7. The Morgan fingerprint density at radius 2 is 1.46 bits per heavy atom. The maximum Gasteiger partial charge on any atom is 1.00 e. The van der Waals surface area contributed by atoms with E-state index in [1.54, 1.807) is 0 Å². The van der Waals surface area contributed by atoms with Gasteiger partial charge in [0.15, 0.2) is 10.1 Å². The largest absolute Gasteiger partial charge is 1.00 e. The minimum absolute atomic E-state index is 0. The molecule has 0 saturated heterocycles. The fraction of sp³-hybridized carbons (Fsp3) is 1.00. The molecule has 0 fully saturated rings. The summed E-state index contributed by atoms with van der Waals surface area (Å²) in [6, 6.07) is 0. The molecule has 0 radical (unpaired) electrons. The third-order valence-electron chi connectivity index (χ3n) is 0.750. The van der Waals surface area contributed by atoms with Crippen LogP contribution in [0.2, 0.25) is 0 Å². The van der Waals surface area contributed by atoms with Gasteiger partial charge in [-0.15, -0.1) is 4.94 Å². The molecule has 0 amide bonds. The van der Waals surface area contributed by atoms with Gasteiger partial charge in [-0.3, -0.25) is 0 Å². The molecule has 0 aromatic heterocycles. The molecule has 0 heterocycles. The van der Waals surface area contributed by atoms with Crippen molar-refractivity contribution in [3.8, 4) is 0 Å². The standard InChI is InChI=1S/C2HF5O4S.Na/c3-1(4,11-7)2(5,6)12(8,9)10;/h(H,8,9,10);/q;+1/p-1. The quantitative estimate of drug-likeness (QED) is 0.313. The van der Waals surface area contributed by atoms with Crippen LogP contribution in [0.3, 0.4) is 0 Å². The van der Waals surface area contributed by atoms with Gasteiger partial charge in [0, 0.05) is 0 Å². The first-order valence-electron chi connectivity index (χ1n) is 2.07. The first-order valence-corrected chi connectivity index (χ1v) is 3.48. The summed E-state index contributed by atoms with van der Waals surface area (Å²) in [5.74, 6) is 0. The number of halogens is 5. The zero-order valence-electron chi connectivity index (χ0n) is 5.93. The van der Waals surface area contributed by atoms with Crippen LogP contribution in [0.5, 0.6) is 0 Å². The Morgan fingerprint density at radius 3 is 1.54 bits per heavy atom. The van der Waals surface area contributed by atoms with E-state index in [-0.39, 0.29) is 29.6 Å². The molecule has 0 aliphatic rings. The van der Waals surface area contributed by atoms with Crippen LogP contribution < -0.4 is 29.6 Å². The second kappa shape index (κ2) is 4.36. The fourth-order valence-electron chi connectivity index (χ4n) is 0.190. The van der Waals surface area contributed by atoms with Crippen LogP contribution in [0, 0.1) is 0 Å². The SMILES string of the molecule is O=S(=O)([O-])C(F)(F)C(F)(F)OF.[Na+]. The molecule has 0 rings (SSSR count). The first kappa shape index (κ1) is 16.0. The maximum atomic E-state index is 11.7. The van der Waals surface area contributed by atoms with Crippen molar-refractivity contribution >= 4 is 10.1 Å². The topological polar surface area (TPSA) is 66.4 Å². The molecule has 0 aromatic carbocycles. The van der Waals surface area contributed by atoms with Crippen molar-refractivity contribution in [3.05, 3.63) is 0 Å². The molecule has 13 heavy (non-hydrogen) atoms. The van der Waals surface area contributed by atoms with E-state index >= 15 is 0 Å². The molecule has 0 saturated carbocycles. The molecule has 0 aliphatic carbocycles. The molecule has 0 aromatic rings. The van der Waals surface area contributed by atoms with E-state index in [4.69, 9.17) is 0 Å². The van der Waals surface area contributed by atoms with Crippen LogP contribution in [-0.4, -0.2) is 24.3 Å². The van der Waals surface area contributed by atoms with Gasteiger partial charge in [0.2, 0.25) is 0 Å². The average molecular weight is 238 g/mol. The molecule has 0 N–H and O–H groups in total. The van der Waals surface area contributed by atoms with Gasteiger partial charge in [-0.25, -0.2) is 8.42 Å². The molecule has 0 unspecified atom stereocenters.